The Morgan fingerprint density at radius 3 is 2.20 bits per heavy atom. The summed E-state index contributed by atoms with van der Waals surface area (Å²) in [7, 11) is 0. The van der Waals surface area contributed by atoms with E-state index in [1.807, 2.05) is 6.07 Å². The number of aromatic carboxylic acids is 1. The summed E-state index contributed by atoms with van der Waals surface area (Å²) in [5.74, 6) is -13.5. The summed E-state index contributed by atoms with van der Waals surface area (Å²) in [6.07, 6.45) is 5.26. The average Bonchev–Trinajstić information content (AvgIpc) is 2.97. The zero-order valence-corrected chi connectivity index (χ0v) is 22.2. The van der Waals surface area contributed by atoms with Gasteiger partial charge >= 0.3 is 5.97 Å². The second-order valence-electron chi connectivity index (χ2n) is 9.45. The Labute approximate surface area is 235 Å². The third-order valence-corrected chi connectivity index (χ3v) is 7.66. The minimum atomic E-state index is -2.33. The molecule has 1 atom stereocenters. The Balaban J connectivity index is 1.59. The van der Waals surface area contributed by atoms with Gasteiger partial charge < -0.3 is 20.8 Å². The number of aromatic nitrogens is 1. The number of benzene rings is 2. The fraction of sp³-hybridized carbons (Fsp3) is 0.296. The van der Waals surface area contributed by atoms with Crippen molar-refractivity contribution in [2.24, 2.45) is 5.73 Å². The minimum Gasteiger partial charge on any atom is -0.507 e. The predicted octanol–water partition coefficient (Wildman–Crippen LogP) is 5.34. The molecule has 0 radical (unpaired) electrons. The number of aromatic hydroxyl groups is 1. The summed E-state index contributed by atoms with van der Waals surface area (Å²) in [6.45, 7) is -0.161. The van der Waals surface area contributed by atoms with Gasteiger partial charge in [-0.05, 0) is 48.6 Å². The third kappa shape index (κ3) is 6.60. The minimum absolute atomic E-state index is 0.0207. The number of halogens is 5. The van der Waals surface area contributed by atoms with Crippen LogP contribution < -0.4 is 15.4 Å². The quantitative estimate of drug-likeness (QED) is 0.0857. The number of anilines is 1. The third-order valence-electron chi connectivity index (χ3n) is 6.72. The highest BCUT2D eigenvalue weighted by Crippen LogP contribution is 2.33. The van der Waals surface area contributed by atoms with Crippen molar-refractivity contribution in [3.8, 4) is 5.75 Å². The molecule has 0 bridgehead atoms. The molecule has 0 saturated heterocycles. The second kappa shape index (κ2) is 12.8. The maximum Gasteiger partial charge on any atom is 0.339 e. The van der Waals surface area contributed by atoms with E-state index in [9.17, 15) is 41.8 Å². The van der Waals surface area contributed by atoms with Crippen molar-refractivity contribution in [3.63, 3.8) is 0 Å². The van der Waals surface area contributed by atoms with Gasteiger partial charge in [-0.15, -0.1) is 0 Å². The van der Waals surface area contributed by atoms with Crippen molar-refractivity contribution in [1.29, 1.82) is 0 Å². The van der Waals surface area contributed by atoms with Crippen molar-refractivity contribution < 1.29 is 41.8 Å². The van der Waals surface area contributed by atoms with Gasteiger partial charge in [0.15, 0.2) is 23.3 Å². The lowest BCUT2D eigenvalue weighted by molar-refractivity contribution is -0.120. The molecule has 3 aromatic rings. The molecule has 1 fully saturated rings. The molecule has 1 amide bonds. The summed E-state index contributed by atoms with van der Waals surface area (Å²) >= 11 is -0.0653. The van der Waals surface area contributed by atoms with E-state index in [-0.39, 0.29) is 24.2 Å². The lowest BCUT2D eigenvalue weighted by Crippen LogP contribution is -2.49. The number of carboxylic acid groups (broad SMARTS) is 1. The second-order valence-corrected chi connectivity index (χ2v) is 10.3. The first-order chi connectivity index (χ1) is 19.5. The topological polar surface area (TPSA) is 129 Å². The molecule has 5 N–H and O–H groups in total. The number of hydrogen-bond donors (Lipinski definition) is 4. The van der Waals surface area contributed by atoms with E-state index in [2.05, 4.69) is 9.71 Å². The first kappa shape index (κ1) is 30.2. The fourth-order valence-corrected chi connectivity index (χ4v) is 5.24. The average molecular weight is 597 g/mol. The smallest absolute Gasteiger partial charge is 0.339 e. The largest absolute Gasteiger partial charge is 0.507 e. The zero-order valence-electron chi connectivity index (χ0n) is 21.3. The van der Waals surface area contributed by atoms with Gasteiger partial charge in [0.2, 0.25) is 5.82 Å². The van der Waals surface area contributed by atoms with Gasteiger partial charge in [-0.1, -0.05) is 25.3 Å². The number of rotatable bonds is 9. The Morgan fingerprint density at radius 2 is 1.63 bits per heavy atom. The molecule has 1 heterocycles. The number of nitrogens with two attached hydrogens (primary N) is 1. The van der Waals surface area contributed by atoms with Crippen molar-refractivity contribution >= 4 is 29.5 Å². The Bertz CT molecular complexity index is 1430. The number of nitrogens with zero attached hydrogens (tertiary/aromatic N) is 2. The monoisotopic (exact) mass is 596 g/mol. The molecule has 1 aliphatic rings. The number of nitrogens with one attached hydrogen (secondary N) is 1. The summed E-state index contributed by atoms with van der Waals surface area (Å²) in [6, 6.07) is 6.94. The normalized spacial score (nSPS) is 14.6. The van der Waals surface area contributed by atoms with Crippen LogP contribution in [0.1, 0.15) is 59.6 Å². The molecule has 218 valence electrons. The van der Waals surface area contributed by atoms with Crippen LogP contribution in [0.25, 0.3) is 0 Å². The molecule has 4 rings (SSSR count). The van der Waals surface area contributed by atoms with Crippen molar-refractivity contribution in [2.75, 3.05) is 4.90 Å². The molecular weight excluding hydrogens is 571 g/mol. The number of amides is 1. The number of carboxylic acids is 1. The lowest BCUT2D eigenvalue weighted by Gasteiger charge is -2.27. The van der Waals surface area contributed by atoms with Crippen LogP contribution in [0.15, 0.2) is 41.4 Å². The summed E-state index contributed by atoms with van der Waals surface area (Å²) in [5, 5.41) is 19.4. The molecule has 2 aromatic carbocycles. The zero-order chi connectivity index (χ0) is 29.8. The van der Waals surface area contributed by atoms with Gasteiger partial charge in [-0.3, -0.25) is 9.78 Å². The van der Waals surface area contributed by atoms with Crippen LogP contribution in [0.5, 0.6) is 5.75 Å². The number of carbonyl (C=O) groups excluding carboxylic acids is 1. The summed E-state index contributed by atoms with van der Waals surface area (Å²) < 4.78 is 70.8. The van der Waals surface area contributed by atoms with E-state index >= 15 is 0 Å². The van der Waals surface area contributed by atoms with Crippen molar-refractivity contribution in [1.82, 2.24) is 9.71 Å². The van der Waals surface area contributed by atoms with Crippen LogP contribution in [0, 0.1) is 29.1 Å². The van der Waals surface area contributed by atoms with E-state index in [0.717, 1.165) is 48.4 Å². The van der Waals surface area contributed by atoms with E-state index < -0.39 is 63.3 Å². The molecule has 0 unspecified atom stereocenters. The first-order valence-electron chi connectivity index (χ1n) is 12.5. The van der Waals surface area contributed by atoms with Crippen molar-refractivity contribution in [3.05, 3.63) is 82.4 Å². The standard InChI is InChI=1S/C27H25F5N4O4S/c28-19-20(29)22(31)24(23(32)21(19)30)41-35-25(33)26(38)36(15-7-8-16(27(39)40)18(37)10-15)12-13-6-9-17(34-11-13)14-4-2-1-3-5-14/h6-11,14,25,35,37H,1-5,12,33H2,(H,39,40)/t25-/m0/s1. The molecule has 14 heteroatoms. The Hall–Kier alpha value is -3.75. The van der Waals surface area contributed by atoms with Gasteiger partial charge in [-0.25, -0.2) is 31.5 Å². The first-order valence-corrected chi connectivity index (χ1v) is 13.3. The van der Waals surface area contributed by atoms with Crippen LogP contribution in [0.3, 0.4) is 0 Å². The molecular formula is C27H25F5N4O4S. The number of pyridine rings is 1. The summed E-state index contributed by atoms with van der Waals surface area (Å²) in [5.41, 5.74) is 6.94. The van der Waals surface area contributed by atoms with Crippen LogP contribution in [-0.4, -0.2) is 33.2 Å². The molecule has 41 heavy (non-hydrogen) atoms. The van der Waals surface area contributed by atoms with Gasteiger partial charge in [0.25, 0.3) is 5.91 Å². The maximum atomic E-state index is 14.1. The van der Waals surface area contributed by atoms with E-state index in [4.69, 9.17) is 5.73 Å². The highest BCUT2D eigenvalue weighted by Gasteiger charge is 2.29. The number of phenols is 1. The van der Waals surface area contributed by atoms with E-state index in [0.29, 0.717) is 11.5 Å². The molecule has 8 nitrogen and oxygen atoms in total. The lowest BCUT2D eigenvalue weighted by atomic mass is 9.86. The van der Waals surface area contributed by atoms with Crippen LogP contribution in [0.4, 0.5) is 27.6 Å². The highest BCUT2D eigenvalue weighted by atomic mass is 32.2. The van der Waals surface area contributed by atoms with E-state index in [1.54, 1.807) is 12.3 Å². The van der Waals surface area contributed by atoms with Gasteiger partial charge in [0, 0.05) is 29.6 Å². The number of hydrogen-bond acceptors (Lipinski definition) is 7. The van der Waals surface area contributed by atoms with Gasteiger partial charge in [-0.2, -0.15) is 0 Å². The van der Waals surface area contributed by atoms with E-state index in [1.165, 1.54) is 12.5 Å². The maximum absolute atomic E-state index is 14.1. The van der Waals surface area contributed by atoms with Gasteiger partial charge in [0.1, 0.15) is 22.4 Å². The van der Waals surface area contributed by atoms with Crippen LogP contribution in [0.2, 0.25) is 0 Å². The number of carbonyl (C=O) groups is 2. The Kier molecular flexibility index (Phi) is 9.46. The fourth-order valence-electron chi connectivity index (χ4n) is 4.53. The van der Waals surface area contributed by atoms with Crippen LogP contribution in [-0.2, 0) is 11.3 Å². The SMILES string of the molecule is N[C@@H](NSc1c(F)c(F)c(F)c(F)c1F)C(=O)N(Cc1ccc(C2CCCCC2)nc1)c1ccc(C(=O)O)c(O)c1. The van der Waals surface area contributed by atoms with Gasteiger partial charge in [0.05, 0.1) is 6.54 Å². The molecule has 1 saturated carbocycles. The van der Waals surface area contributed by atoms with Crippen LogP contribution >= 0.6 is 11.9 Å². The predicted molar refractivity (Wildman–Crippen MR) is 140 cm³/mol. The summed E-state index contributed by atoms with van der Waals surface area (Å²) in [4.78, 5) is 29.0. The molecule has 0 spiro atoms. The van der Waals surface area contributed by atoms with Crippen molar-refractivity contribution in [2.45, 2.75) is 55.6 Å². The molecule has 1 aromatic heterocycles. The molecule has 1 aliphatic carbocycles. The molecule has 0 aliphatic heterocycles. The highest BCUT2D eigenvalue weighted by molar-refractivity contribution is 7.97. The Morgan fingerprint density at radius 1 is 1.00 bits per heavy atom.